The maximum Gasteiger partial charge on any atom is 0.185 e. The van der Waals surface area contributed by atoms with Gasteiger partial charge < -0.3 is 9.80 Å². The molecule has 404 valence electrons. The van der Waals surface area contributed by atoms with Gasteiger partial charge in [-0.15, -0.1) is 0 Å². The van der Waals surface area contributed by atoms with Gasteiger partial charge in [0.1, 0.15) is 11.5 Å². The minimum atomic E-state index is -1.38. The van der Waals surface area contributed by atoms with Crippen molar-refractivity contribution >= 4 is 46.3 Å². The molecule has 2 nitrogen and oxygen atoms in total. The van der Waals surface area contributed by atoms with Gasteiger partial charge in [0.2, 0.25) is 0 Å². The van der Waals surface area contributed by atoms with Crippen molar-refractivity contribution in [3.63, 3.8) is 0 Å². The van der Waals surface area contributed by atoms with Crippen LogP contribution in [0.25, 0.3) is 34.4 Å². The first kappa shape index (κ1) is 52.5. The fraction of sp³-hybridized carbons (Fsp3) is 0.0789. The lowest BCUT2D eigenvalue weighted by Crippen LogP contribution is -2.30. The van der Waals surface area contributed by atoms with Crippen LogP contribution in [0, 0.1) is 56.8 Å². The van der Waals surface area contributed by atoms with Crippen LogP contribution in [0.4, 0.5) is 56.1 Å². The molecule has 0 N–H and O–H groups in total. The lowest BCUT2D eigenvalue weighted by atomic mass is 9.66. The van der Waals surface area contributed by atoms with Gasteiger partial charge in [0.15, 0.2) is 23.3 Å². The molecule has 0 bridgehead atoms. The summed E-state index contributed by atoms with van der Waals surface area (Å²) < 4.78 is 81.9. The molecule has 2 aliphatic carbocycles. The van der Waals surface area contributed by atoms with E-state index < -0.39 is 45.6 Å². The minimum absolute atomic E-state index is 0.0675. The molecule has 11 aromatic carbocycles. The summed E-state index contributed by atoms with van der Waals surface area (Å²) in [7, 11) is 0. The summed E-state index contributed by atoms with van der Waals surface area (Å²) in [5.41, 5.74) is 17.1. The zero-order chi connectivity index (χ0) is 57.5. The highest BCUT2D eigenvalue weighted by molar-refractivity contribution is 5.93. The first-order valence-electron chi connectivity index (χ1n) is 27.7. The highest BCUT2D eigenvalue weighted by Crippen LogP contribution is 2.60. The van der Waals surface area contributed by atoms with Crippen molar-refractivity contribution in [2.75, 3.05) is 9.80 Å². The highest BCUT2D eigenvalue weighted by Gasteiger charge is 2.49. The van der Waals surface area contributed by atoms with E-state index in [9.17, 15) is 0 Å². The van der Waals surface area contributed by atoms with E-state index in [0.29, 0.717) is 17.1 Å². The predicted molar refractivity (Wildman–Crippen MR) is 329 cm³/mol. The first-order valence-corrected chi connectivity index (χ1v) is 27.7. The summed E-state index contributed by atoms with van der Waals surface area (Å²) in [5.74, 6) is -5.72. The molecule has 0 amide bonds. The predicted octanol–water partition coefficient (Wildman–Crippen LogP) is 20.6. The molecule has 83 heavy (non-hydrogen) atoms. The summed E-state index contributed by atoms with van der Waals surface area (Å²) in [6.07, 6.45) is 3.62. The minimum Gasteiger partial charge on any atom is -0.308 e. The summed E-state index contributed by atoms with van der Waals surface area (Å²) in [4.78, 5) is 3.06. The smallest absolute Gasteiger partial charge is 0.185 e. The maximum atomic E-state index is 16.8. The summed E-state index contributed by atoms with van der Waals surface area (Å²) in [5, 5.41) is 0. The number of halogens is 5. The zero-order valence-corrected chi connectivity index (χ0v) is 46.2. The van der Waals surface area contributed by atoms with Crippen LogP contribution in [0.3, 0.4) is 0 Å². The summed E-state index contributed by atoms with van der Waals surface area (Å²) >= 11 is 0. The molecule has 7 heteroatoms. The fourth-order valence-corrected chi connectivity index (χ4v) is 13.3. The van der Waals surface area contributed by atoms with Crippen LogP contribution in [0.2, 0.25) is 0 Å². The van der Waals surface area contributed by atoms with Crippen LogP contribution < -0.4 is 9.80 Å². The third kappa shape index (κ3) is 8.12. The van der Waals surface area contributed by atoms with Crippen LogP contribution in [0.5, 0.6) is 0 Å². The first-order chi connectivity index (χ1) is 40.3. The Morgan fingerprint density at radius 2 is 0.759 bits per heavy atom. The normalized spacial score (nSPS) is 15.5. The Bertz CT molecular complexity index is 4430. The average Bonchev–Trinajstić information content (AvgIpc) is 1.67. The number of benzene rings is 11. The summed E-state index contributed by atoms with van der Waals surface area (Å²) in [6.45, 7) is 16.4. The van der Waals surface area contributed by atoms with E-state index in [1.807, 2.05) is 60.7 Å². The van der Waals surface area contributed by atoms with Gasteiger partial charge >= 0.3 is 0 Å². The Morgan fingerprint density at radius 3 is 1.25 bits per heavy atom. The molecule has 0 saturated carbocycles. The lowest BCUT2D eigenvalue weighted by Gasteiger charge is -2.36. The van der Waals surface area contributed by atoms with Crippen molar-refractivity contribution < 1.29 is 22.0 Å². The van der Waals surface area contributed by atoms with E-state index in [2.05, 4.69) is 150 Å². The number of hydrogen-bond donors (Lipinski definition) is 0. The Kier molecular flexibility index (Phi) is 12.8. The SMILES string of the molecule is C=Cc1ccc(C2(c3cc(C)ccc3C)c3ccccc3-c3ccc(N(c4ccc(N(c5ccc6c(c5)C(c5ccc(C=C)cc5)(c5cc(C)ccc5C)c5ccccc5-6)c5c(F)ccc(F)c5F)cc4)c4cccc(F)c4F)cc32)cc1. The quantitative estimate of drug-likeness (QED) is 0.0889. The highest BCUT2D eigenvalue weighted by atomic mass is 19.2. The monoisotopic (exact) mass is 1090 g/mol. The number of nitrogens with zero attached hydrogens (tertiary/aromatic N) is 2. The molecule has 0 saturated heterocycles. The van der Waals surface area contributed by atoms with Crippen LogP contribution in [0.1, 0.15) is 77.9 Å². The van der Waals surface area contributed by atoms with Crippen LogP contribution >= 0.6 is 0 Å². The van der Waals surface area contributed by atoms with Crippen LogP contribution in [0.15, 0.2) is 238 Å². The third-order valence-electron chi connectivity index (χ3n) is 17.1. The van der Waals surface area contributed by atoms with Crippen molar-refractivity contribution in [3.8, 4) is 22.3 Å². The topological polar surface area (TPSA) is 6.48 Å². The zero-order valence-electron chi connectivity index (χ0n) is 46.2. The van der Waals surface area contributed by atoms with E-state index in [1.165, 1.54) is 17.0 Å². The number of fused-ring (bicyclic) bond motifs is 6. The molecular formula is C76H55F5N2. The molecule has 2 aliphatic rings. The van der Waals surface area contributed by atoms with Crippen LogP contribution in [-0.4, -0.2) is 0 Å². The van der Waals surface area contributed by atoms with Gasteiger partial charge in [-0.25, -0.2) is 22.0 Å². The van der Waals surface area contributed by atoms with Gasteiger partial charge in [0.25, 0.3) is 0 Å². The Morgan fingerprint density at radius 1 is 0.337 bits per heavy atom. The molecule has 2 atom stereocenters. The summed E-state index contributed by atoms with van der Waals surface area (Å²) in [6, 6.07) is 70.5. The number of hydrogen-bond acceptors (Lipinski definition) is 2. The molecule has 0 heterocycles. The van der Waals surface area contributed by atoms with E-state index in [4.69, 9.17) is 0 Å². The Balaban J connectivity index is 1.03. The van der Waals surface area contributed by atoms with Crippen LogP contribution in [-0.2, 0) is 10.8 Å². The molecule has 0 radical (unpaired) electrons. The standard InChI is InChI=1S/C76H55F5N2/c1-7-50-24-28-52(29-25-50)75(64-42-46(3)20-22-48(64)5)62-16-11-9-14-58(62)60-38-36-56(44-66(60)75)82(71-19-13-18-68(77)72(71)80)54-32-34-55(35-33-54)83(74-70(79)41-40-69(78)73(74)81)57-37-39-61-59-15-10-12-17-63(59)76(67(61)45-57,53-30-26-51(8-2)27-31-53)65-43-47(4)21-23-49(65)6/h7-45H,1-2H2,3-6H3. The van der Waals surface area contributed by atoms with Crippen molar-refractivity contribution in [3.05, 3.63) is 345 Å². The largest absolute Gasteiger partial charge is 0.308 e. The second-order valence-corrected chi connectivity index (χ2v) is 21.8. The van der Waals surface area contributed by atoms with Crippen molar-refractivity contribution in [1.82, 2.24) is 0 Å². The van der Waals surface area contributed by atoms with Gasteiger partial charge in [0, 0.05) is 22.7 Å². The van der Waals surface area contributed by atoms with Gasteiger partial charge in [-0.3, -0.25) is 0 Å². The van der Waals surface area contributed by atoms with Crippen molar-refractivity contribution in [2.45, 2.75) is 38.5 Å². The second kappa shape index (κ2) is 20.3. The molecule has 0 fully saturated rings. The van der Waals surface area contributed by atoms with Gasteiger partial charge in [-0.05, 0) is 190 Å². The molecule has 0 spiro atoms. The molecule has 2 unspecified atom stereocenters. The Hall–Kier alpha value is -9.85. The molecule has 13 rings (SSSR count). The lowest BCUT2D eigenvalue weighted by molar-refractivity contribution is 0.497. The van der Waals surface area contributed by atoms with Gasteiger partial charge in [-0.1, -0.05) is 188 Å². The number of rotatable bonds is 12. The van der Waals surface area contributed by atoms with E-state index in [1.54, 1.807) is 41.3 Å². The van der Waals surface area contributed by atoms with Crippen molar-refractivity contribution in [1.29, 1.82) is 0 Å². The second-order valence-electron chi connectivity index (χ2n) is 21.8. The van der Waals surface area contributed by atoms with Gasteiger partial charge in [-0.2, -0.15) is 0 Å². The third-order valence-corrected chi connectivity index (χ3v) is 17.1. The number of anilines is 6. The fourth-order valence-electron chi connectivity index (χ4n) is 13.3. The van der Waals surface area contributed by atoms with E-state index in [0.717, 1.165) is 118 Å². The molecular weight excluding hydrogens is 1040 g/mol. The number of aryl methyl sites for hydroxylation is 4. The van der Waals surface area contributed by atoms with Crippen molar-refractivity contribution in [2.24, 2.45) is 0 Å². The molecule has 0 aliphatic heterocycles. The maximum absolute atomic E-state index is 16.8. The Labute approximate surface area is 481 Å². The van der Waals surface area contributed by atoms with Gasteiger partial charge in [0.05, 0.1) is 16.5 Å². The molecule has 0 aromatic heterocycles. The van der Waals surface area contributed by atoms with E-state index in [-0.39, 0.29) is 11.4 Å². The van der Waals surface area contributed by atoms with E-state index >= 15 is 22.0 Å². The molecule has 11 aromatic rings. The average molecular weight is 1090 g/mol.